The minimum atomic E-state index is 0.0746. The van der Waals surface area contributed by atoms with Crippen molar-refractivity contribution in [3.8, 4) is 16.9 Å². The summed E-state index contributed by atoms with van der Waals surface area (Å²) in [6, 6.07) is 13.8. The molecule has 2 heterocycles. The third-order valence-corrected chi connectivity index (χ3v) is 5.49. The number of benzene rings is 2. The summed E-state index contributed by atoms with van der Waals surface area (Å²) < 4.78 is 5.65. The molecule has 2 aromatic rings. The number of fused-ring (bicyclic) bond motifs is 1. The number of ketones is 1. The van der Waals surface area contributed by atoms with Gasteiger partial charge in [-0.1, -0.05) is 18.2 Å². The number of hydrogen-bond acceptors (Lipinski definition) is 4. The van der Waals surface area contributed by atoms with Gasteiger partial charge in [-0.05, 0) is 55.9 Å². The van der Waals surface area contributed by atoms with Crippen LogP contribution in [0, 0.1) is 0 Å². The molecule has 1 amide bonds. The second-order valence-electron chi connectivity index (χ2n) is 7.47. The van der Waals surface area contributed by atoms with Crippen molar-refractivity contribution in [2.75, 3.05) is 33.8 Å². The topological polar surface area (TPSA) is 49.9 Å². The van der Waals surface area contributed by atoms with Crippen LogP contribution in [0.4, 0.5) is 0 Å². The molecule has 140 valence electrons. The molecule has 2 aliphatic rings. The van der Waals surface area contributed by atoms with Crippen molar-refractivity contribution < 1.29 is 14.3 Å². The van der Waals surface area contributed by atoms with Gasteiger partial charge < -0.3 is 14.5 Å². The number of carbonyl (C=O) groups is 2. The largest absolute Gasteiger partial charge is 0.492 e. The summed E-state index contributed by atoms with van der Waals surface area (Å²) in [5, 5.41) is 0. The highest BCUT2D eigenvalue weighted by atomic mass is 16.5. The lowest BCUT2D eigenvalue weighted by molar-refractivity contribution is 0.0782. The van der Waals surface area contributed by atoms with Crippen LogP contribution < -0.4 is 4.74 Å². The smallest absolute Gasteiger partial charge is 0.253 e. The maximum atomic E-state index is 12.9. The summed E-state index contributed by atoms with van der Waals surface area (Å²) in [5.41, 5.74) is 3.24. The Kier molecular flexibility index (Phi) is 4.70. The number of ether oxygens (including phenoxy) is 1. The summed E-state index contributed by atoms with van der Waals surface area (Å²) in [7, 11) is 4.12. The molecule has 0 saturated carbocycles. The third-order valence-electron chi connectivity index (χ3n) is 5.49. The van der Waals surface area contributed by atoms with Gasteiger partial charge in [-0.25, -0.2) is 0 Å². The maximum Gasteiger partial charge on any atom is 0.253 e. The van der Waals surface area contributed by atoms with Crippen LogP contribution in [0.2, 0.25) is 0 Å². The normalized spacial score (nSPS) is 19.1. The number of likely N-dealkylation sites (N-methyl/N-ethyl adjacent to an activating group) is 1. The maximum absolute atomic E-state index is 12.9. The molecule has 1 saturated heterocycles. The molecule has 1 fully saturated rings. The number of carbonyl (C=O) groups excluding carboxylic acids is 2. The first kappa shape index (κ1) is 17.7. The second kappa shape index (κ2) is 7.16. The van der Waals surface area contributed by atoms with Gasteiger partial charge in [0.1, 0.15) is 5.75 Å². The zero-order valence-electron chi connectivity index (χ0n) is 15.8. The fraction of sp³-hybridized carbons (Fsp3) is 0.364. The molecule has 1 unspecified atom stereocenters. The Balaban J connectivity index is 1.58. The molecule has 0 aliphatic carbocycles. The Morgan fingerprint density at radius 3 is 2.74 bits per heavy atom. The molecule has 5 nitrogen and oxygen atoms in total. The Morgan fingerprint density at radius 2 is 1.96 bits per heavy atom. The molecule has 1 atom stereocenters. The van der Waals surface area contributed by atoms with Crippen molar-refractivity contribution in [3.05, 3.63) is 53.6 Å². The standard InChI is InChI=1S/C22H24N2O3/c1-23(2)18-8-10-24(14-18)22(26)17-5-3-4-15(12-17)16-6-7-19-20(25)9-11-27-21(19)13-16/h3-7,12-13,18H,8-11,14H2,1-2H3. The molecule has 0 N–H and O–H groups in total. The van der Waals surface area contributed by atoms with Crippen molar-refractivity contribution in [1.29, 1.82) is 0 Å². The van der Waals surface area contributed by atoms with Crippen molar-refractivity contribution in [3.63, 3.8) is 0 Å². The van der Waals surface area contributed by atoms with Crippen LogP contribution in [0.3, 0.4) is 0 Å². The van der Waals surface area contributed by atoms with E-state index >= 15 is 0 Å². The van der Waals surface area contributed by atoms with E-state index in [1.165, 1.54) is 0 Å². The van der Waals surface area contributed by atoms with Crippen LogP contribution in [0.1, 0.15) is 33.6 Å². The van der Waals surface area contributed by atoms with Gasteiger partial charge in [0.15, 0.2) is 5.78 Å². The Morgan fingerprint density at radius 1 is 1.15 bits per heavy atom. The van der Waals surface area contributed by atoms with Gasteiger partial charge in [0.25, 0.3) is 5.91 Å². The SMILES string of the molecule is CN(C)C1CCN(C(=O)c2cccc(-c3ccc4c(c3)OCCC4=O)c2)C1. The average molecular weight is 364 g/mol. The van der Waals surface area contributed by atoms with E-state index in [-0.39, 0.29) is 11.7 Å². The lowest BCUT2D eigenvalue weighted by atomic mass is 9.98. The molecule has 0 spiro atoms. The van der Waals surface area contributed by atoms with Crippen LogP contribution in [-0.2, 0) is 0 Å². The summed E-state index contributed by atoms with van der Waals surface area (Å²) in [5.74, 6) is 0.829. The molecule has 0 bridgehead atoms. The van der Waals surface area contributed by atoms with E-state index < -0.39 is 0 Å². The van der Waals surface area contributed by atoms with Crippen molar-refractivity contribution in [2.45, 2.75) is 18.9 Å². The number of nitrogens with zero attached hydrogens (tertiary/aromatic N) is 2. The summed E-state index contributed by atoms with van der Waals surface area (Å²) in [6.07, 6.45) is 1.44. The van der Waals surface area contributed by atoms with Gasteiger partial charge >= 0.3 is 0 Å². The van der Waals surface area contributed by atoms with Gasteiger partial charge in [0.05, 0.1) is 12.2 Å². The quantitative estimate of drug-likeness (QED) is 0.840. The summed E-state index contributed by atoms with van der Waals surface area (Å²) in [4.78, 5) is 29.0. The molecular weight excluding hydrogens is 340 g/mol. The first-order chi connectivity index (χ1) is 13.0. The van der Waals surface area contributed by atoms with Crippen LogP contribution in [0.25, 0.3) is 11.1 Å². The van der Waals surface area contributed by atoms with Crippen LogP contribution >= 0.6 is 0 Å². The first-order valence-electron chi connectivity index (χ1n) is 9.39. The minimum absolute atomic E-state index is 0.0746. The van der Waals surface area contributed by atoms with E-state index in [2.05, 4.69) is 19.0 Å². The van der Waals surface area contributed by atoms with Crippen LogP contribution in [0.5, 0.6) is 5.75 Å². The molecule has 5 heteroatoms. The molecule has 0 aromatic heterocycles. The zero-order chi connectivity index (χ0) is 19.0. The van der Waals surface area contributed by atoms with E-state index in [9.17, 15) is 9.59 Å². The Bertz CT molecular complexity index is 891. The van der Waals surface area contributed by atoms with E-state index in [1.807, 2.05) is 47.4 Å². The molecular formula is C22H24N2O3. The number of likely N-dealkylation sites (tertiary alicyclic amines) is 1. The zero-order valence-corrected chi connectivity index (χ0v) is 15.8. The van der Waals surface area contributed by atoms with Gasteiger partial charge in [-0.15, -0.1) is 0 Å². The molecule has 2 aliphatic heterocycles. The Hall–Kier alpha value is -2.66. The number of amides is 1. The van der Waals surface area contributed by atoms with E-state index in [4.69, 9.17) is 4.74 Å². The summed E-state index contributed by atoms with van der Waals surface area (Å²) in [6.45, 7) is 1.99. The minimum Gasteiger partial charge on any atom is -0.492 e. The second-order valence-corrected chi connectivity index (χ2v) is 7.47. The molecule has 27 heavy (non-hydrogen) atoms. The lowest BCUT2D eigenvalue weighted by Gasteiger charge is -2.21. The molecule has 0 radical (unpaired) electrons. The number of hydrogen-bond donors (Lipinski definition) is 0. The van der Waals surface area contributed by atoms with Crippen molar-refractivity contribution in [2.24, 2.45) is 0 Å². The van der Waals surface area contributed by atoms with Gasteiger partial charge in [0, 0.05) is 31.1 Å². The lowest BCUT2D eigenvalue weighted by Crippen LogP contribution is -2.34. The number of Topliss-reactive ketones (excluding diaryl/α,β-unsaturated/α-hetero) is 1. The average Bonchev–Trinajstić information content (AvgIpc) is 3.18. The van der Waals surface area contributed by atoms with Gasteiger partial charge in [-0.2, -0.15) is 0 Å². The fourth-order valence-electron chi connectivity index (χ4n) is 3.80. The van der Waals surface area contributed by atoms with Crippen LogP contribution in [0.15, 0.2) is 42.5 Å². The van der Waals surface area contributed by atoms with E-state index in [0.717, 1.165) is 30.6 Å². The highest BCUT2D eigenvalue weighted by Crippen LogP contribution is 2.31. The predicted molar refractivity (Wildman–Crippen MR) is 104 cm³/mol. The molecule has 4 rings (SSSR count). The van der Waals surface area contributed by atoms with Gasteiger partial charge in [-0.3, -0.25) is 9.59 Å². The highest BCUT2D eigenvalue weighted by molar-refractivity contribution is 6.00. The number of rotatable bonds is 3. The van der Waals surface area contributed by atoms with E-state index in [1.54, 1.807) is 0 Å². The van der Waals surface area contributed by atoms with E-state index in [0.29, 0.717) is 35.9 Å². The fourth-order valence-corrected chi connectivity index (χ4v) is 3.80. The third kappa shape index (κ3) is 3.47. The monoisotopic (exact) mass is 364 g/mol. The van der Waals surface area contributed by atoms with Crippen molar-refractivity contribution in [1.82, 2.24) is 9.80 Å². The predicted octanol–water partition coefficient (Wildman–Crippen LogP) is 3.09. The van der Waals surface area contributed by atoms with Crippen LogP contribution in [-0.4, -0.2) is 61.3 Å². The molecule has 2 aromatic carbocycles. The van der Waals surface area contributed by atoms with Gasteiger partial charge in [0.2, 0.25) is 0 Å². The highest BCUT2D eigenvalue weighted by Gasteiger charge is 2.28. The Labute approximate surface area is 159 Å². The van der Waals surface area contributed by atoms with Crippen molar-refractivity contribution >= 4 is 11.7 Å². The first-order valence-corrected chi connectivity index (χ1v) is 9.39. The summed E-state index contributed by atoms with van der Waals surface area (Å²) >= 11 is 0.